The highest BCUT2D eigenvalue weighted by atomic mass is 32.2. The van der Waals surface area contributed by atoms with Crippen molar-refractivity contribution in [2.75, 3.05) is 4.72 Å². The van der Waals surface area contributed by atoms with Crippen LogP contribution in [0.1, 0.15) is 26.3 Å². The molecule has 0 saturated carbocycles. The highest BCUT2D eigenvalue weighted by molar-refractivity contribution is 7.92. The molecule has 0 spiro atoms. The summed E-state index contributed by atoms with van der Waals surface area (Å²) in [7, 11) is -3.82. The van der Waals surface area contributed by atoms with Crippen molar-refractivity contribution in [1.82, 2.24) is 9.78 Å². The number of benzene rings is 1. The van der Waals surface area contributed by atoms with E-state index in [1.54, 1.807) is 6.07 Å². The zero-order chi connectivity index (χ0) is 19.3. The zero-order valence-corrected chi connectivity index (χ0v) is 15.7. The van der Waals surface area contributed by atoms with E-state index in [4.69, 9.17) is 5.26 Å². The van der Waals surface area contributed by atoms with E-state index < -0.39 is 10.0 Å². The molecule has 134 valence electrons. The van der Waals surface area contributed by atoms with Crippen molar-refractivity contribution >= 4 is 21.5 Å². The zero-order valence-electron chi connectivity index (χ0n) is 14.9. The van der Waals surface area contributed by atoms with Crippen LogP contribution in [0.2, 0.25) is 0 Å². The van der Waals surface area contributed by atoms with E-state index >= 15 is 0 Å². The van der Waals surface area contributed by atoms with Gasteiger partial charge in [0.25, 0.3) is 10.0 Å². The van der Waals surface area contributed by atoms with E-state index in [2.05, 4.69) is 16.4 Å². The van der Waals surface area contributed by atoms with Crippen molar-refractivity contribution in [2.45, 2.75) is 25.7 Å². The quantitative estimate of drug-likeness (QED) is 0.782. The van der Waals surface area contributed by atoms with Crippen LogP contribution >= 0.6 is 0 Å². The molecule has 7 heteroatoms. The Morgan fingerprint density at radius 1 is 1.27 bits per heavy atom. The molecule has 0 unspecified atom stereocenters. The van der Waals surface area contributed by atoms with Gasteiger partial charge < -0.3 is 0 Å². The van der Waals surface area contributed by atoms with Gasteiger partial charge in [-0.05, 0) is 56.7 Å². The number of anilines is 1. The Kier molecular flexibility index (Phi) is 5.80. The van der Waals surface area contributed by atoms with Gasteiger partial charge in [-0.15, -0.1) is 0 Å². The lowest BCUT2D eigenvalue weighted by Crippen LogP contribution is -2.16. The summed E-state index contributed by atoms with van der Waals surface area (Å²) in [6, 6.07) is 9.23. The average molecular weight is 368 g/mol. The van der Waals surface area contributed by atoms with E-state index in [1.807, 2.05) is 39.0 Å². The molecule has 0 bridgehead atoms. The second kappa shape index (κ2) is 7.85. The van der Waals surface area contributed by atoms with Crippen LogP contribution in [-0.2, 0) is 10.0 Å². The Morgan fingerprint density at radius 3 is 2.46 bits per heavy atom. The maximum Gasteiger partial charge on any atom is 0.263 e. The normalized spacial score (nSPS) is 12.5. The number of allylic oxidation sites excluding steroid dienone is 5. The molecule has 0 saturated heterocycles. The van der Waals surface area contributed by atoms with Gasteiger partial charge in [0, 0.05) is 6.07 Å². The topological polar surface area (TPSA) is 87.8 Å². The summed E-state index contributed by atoms with van der Waals surface area (Å²) >= 11 is 0. The molecule has 6 nitrogen and oxygen atoms in total. The molecule has 1 aromatic carbocycles. The summed E-state index contributed by atoms with van der Waals surface area (Å²) in [4.78, 5) is 0.0646. The highest BCUT2D eigenvalue weighted by Crippen LogP contribution is 2.23. The Hall–Kier alpha value is -3.11. The fraction of sp³-hybridized carbons (Fsp3) is 0.158. The van der Waals surface area contributed by atoms with Crippen LogP contribution in [0.5, 0.6) is 0 Å². The van der Waals surface area contributed by atoms with Gasteiger partial charge in [0.15, 0.2) is 0 Å². The van der Waals surface area contributed by atoms with Crippen molar-refractivity contribution in [2.24, 2.45) is 0 Å². The Bertz CT molecular complexity index is 1020. The van der Waals surface area contributed by atoms with Crippen molar-refractivity contribution in [1.29, 1.82) is 5.26 Å². The van der Waals surface area contributed by atoms with Crippen LogP contribution in [0, 0.1) is 11.3 Å². The van der Waals surface area contributed by atoms with Crippen LogP contribution < -0.4 is 4.72 Å². The van der Waals surface area contributed by atoms with Crippen molar-refractivity contribution < 1.29 is 8.42 Å². The third-order valence-electron chi connectivity index (χ3n) is 3.66. The molecule has 1 heterocycles. The SMILES string of the molecule is C=C(C)C(=CC(C)=CC)n1nccc1NS(=O)(=O)c1ccc(C#N)cc1. The summed E-state index contributed by atoms with van der Waals surface area (Å²) in [5.74, 6) is 0.299. The molecule has 0 amide bonds. The molecule has 0 aliphatic rings. The predicted octanol–water partition coefficient (Wildman–Crippen LogP) is 3.94. The first-order chi connectivity index (χ1) is 12.3. The molecule has 0 aliphatic carbocycles. The minimum absolute atomic E-state index is 0.0646. The maximum atomic E-state index is 12.6. The van der Waals surface area contributed by atoms with Crippen LogP contribution in [0.25, 0.3) is 5.70 Å². The van der Waals surface area contributed by atoms with E-state index in [-0.39, 0.29) is 4.90 Å². The largest absolute Gasteiger partial charge is 0.263 e. The number of nitrogens with one attached hydrogen (secondary N) is 1. The number of hydrogen-bond donors (Lipinski definition) is 1. The minimum Gasteiger partial charge on any atom is -0.263 e. The molecule has 1 N–H and O–H groups in total. The summed E-state index contributed by atoms with van der Waals surface area (Å²) in [6.45, 7) is 9.63. The predicted molar refractivity (Wildman–Crippen MR) is 103 cm³/mol. The summed E-state index contributed by atoms with van der Waals surface area (Å²) < 4.78 is 29.3. The molecule has 0 fully saturated rings. The third-order valence-corrected chi connectivity index (χ3v) is 5.03. The second-order valence-electron chi connectivity index (χ2n) is 5.71. The lowest BCUT2D eigenvalue weighted by molar-refractivity contribution is 0.600. The smallest absolute Gasteiger partial charge is 0.263 e. The van der Waals surface area contributed by atoms with E-state index in [0.717, 1.165) is 11.1 Å². The lowest BCUT2D eigenvalue weighted by atomic mass is 10.1. The van der Waals surface area contributed by atoms with Crippen LogP contribution in [0.4, 0.5) is 5.82 Å². The van der Waals surface area contributed by atoms with E-state index in [9.17, 15) is 8.42 Å². The number of nitriles is 1. The Balaban J connectivity index is 2.42. The first kappa shape index (κ1) is 19.2. The van der Waals surface area contributed by atoms with Gasteiger partial charge in [-0.3, -0.25) is 4.72 Å². The minimum atomic E-state index is -3.82. The number of rotatable bonds is 6. The number of hydrogen-bond acceptors (Lipinski definition) is 4. The maximum absolute atomic E-state index is 12.6. The standard InChI is InChI=1S/C19H20N4O2S/c1-5-15(4)12-18(14(2)3)23-19(10-11-21-23)22-26(24,25)17-8-6-16(13-20)7-9-17/h5-12,22H,2H2,1,3-4H3. The molecule has 1 aromatic heterocycles. The Morgan fingerprint density at radius 2 is 1.92 bits per heavy atom. The average Bonchev–Trinajstić information content (AvgIpc) is 3.06. The third kappa shape index (κ3) is 4.29. The van der Waals surface area contributed by atoms with Gasteiger partial charge in [-0.2, -0.15) is 10.4 Å². The molecule has 0 radical (unpaired) electrons. The number of sulfonamides is 1. The van der Waals surface area contributed by atoms with Crippen molar-refractivity contribution in [3.63, 3.8) is 0 Å². The van der Waals surface area contributed by atoms with Gasteiger partial charge in [0.2, 0.25) is 0 Å². The molecular weight excluding hydrogens is 348 g/mol. The first-order valence-electron chi connectivity index (χ1n) is 7.86. The first-order valence-corrected chi connectivity index (χ1v) is 9.34. The van der Waals surface area contributed by atoms with Crippen LogP contribution in [0.15, 0.2) is 71.3 Å². The van der Waals surface area contributed by atoms with Gasteiger partial charge in [-0.1, -0.05) is 18.2 Å². The number of aromatic nitrogens is 2. The molecule has 0 atom stereocenters. The summed E-state index contributed by atoms with van der Waals surface area (Å²) in [5.41, 5.74) is 2.82. The van der Waals surface area contributed by atoms with E-state index in [1.165, 1.54) is 35.1 Å². The monoisotopic (exact) mass is 368 g/mol. The van der Waals surface area contributed by atoms with Crippen LogP contribution in [0.3, 0.4) is 0 Å². The van der Waals surface area contributed by atoms with Crippen LogP contribution in [-0.4, -0.2) is 18.2 Å². The molecule has 2 rings (SSSR count). The van der Waals surface area contributed by atoms with Gasteiger partial charge in [-0.25, -0.2) is 13.1 Å². The summed E-state index contributed by atoms with van der Waals surface area (Å²) in [5, 5.41) is 13.1. The summed E-state index contributed by atoms with van der Waals surface area (Å²) in [6.07, 6.45) is 5.33. The van der Waals surface area contributed by atoms with Gasteiger partial charge >= 0.3 is 0 Å². The highest BCUT2D eigenvalue weighted by Gasteiger charge is 2.18. The van der Waals surface area contributed by atoms with Gasteiger partial charge in [0.05, 0.1) is 28.4 Å². The molecule has 2 aromatic rings. The lowest BCUT2D eigenvalue weighted by Gasteiger charge is -2.14. The molecule has 0 aliphatic heterocycles. The van der Waals surface area contributed by atoms with Gasteiger partial charge in [0.1, 0.15) is 5.82 Å². The molecule has 26 heavy (non-hydrogen) atoms. The Labute approximate surface area is 153 Å². The fourth-order valence-electron chi connectivity index (χ4n) is 2.14. The van der Waals surface area contributed by atoms with Crippen molar-refractivity contribution in [3.05, 3.63) is 72.0 Å². The van der Waals surface area contributed by atoms with E-state index in [0.29, 0.717) is 17.1 Å². The number of nitrogens with zero attached hydrogens (tertiary/aromatic N) is 3. The second-order valence-corrected chi connectivity index (χ2v) is 7.39. The van der Waals surface area contributed by atoms with Crippen molar-refractivity contribution in [3.8, 4) is 6.07 Å². The fourth-order valence-corrected chi connectivity index (χ4v) is 3.18. The molecular formula is C19H20N4O2S.